The van der Waals surface area contributed by atoms with Gasteiger partial charge in [-0.2, -0.15) is 8.42 Å². The Hall–Kier alpha value is -2.65. The van der Waals surface area contributed by atoms with Crippen LogP contribution < -0.4 is 4.90 Å². The maximum atomic E-state index is 13.1. The second-order valence-electron chi connectivity index (χ2n) is 6.45. The van der Waals surface area contributed by atoms with E-state index in [1.807, 2.05) is 43.3 Å². The molecule has 0 atom stereocenters. The number of likely N-dealkylation sites (N-methyl/N-ethyl adjacent to an activating group) is 1. The predicted octanol–water partition coefficient (Wildman–Crippen LogP) is 3.57. The molecular weight excluding hydrogens is 413 g/mol. The number of carbonyl (C=O) groups excluding carboxylic acids is 1. The highest BCUT2D eigenvalue weighted by atomic mass is 32.2. The molecule has 1 aliphatic heterocycles. The summed E-state index contributed by atoms with van der Waals surface area (Å²) >= 11 is 1.01. The average Bonchev–Trinajstić information content (AvgIpc) is 2.96. The number of anilines is 1. The summed E-state index contributed by atoms with van der Waals surface area (Å²) in [7, 11) is -0.189. The topological polar surface area (TPSA) is 70.1 Å². The van der Waals surface area contributed by atoms with Crippen LogP contribution >= 0.6 is 11.8 Å². The van der Waals surface area contributed by atoms with Gasteiger partial charge in [0, 0.05) is 26.3 Å². The second kappa shape index (κ2) is 8.38. The van der Waals surface area contributed by atoms with Crippen LogP contribution in [0.4, 0.5) is 10.1 Å². The number of carbonyl (C=O) groups is 1. The van der Waals surface area contributed by atoms with Crippen molar-refractivity contribution in [1.29, 1.82) is 0 Å². The highest BCUT2D eigenvalue weighted by molar-refractivity contribution is 8.19. The quantitative estimate of drug-likeness (QED) is 0.674. The number of thioether (sulfide) groups is 1. The van der Waals surface area contributed by atoms with Crippen molar-refractivity contribution in [2.45, 2.75) is 11.8 Å². The van der Waals surface area contributed by atoms with Crippen LogP contribution in [-0.4, -0.2) is 45.0 Å². The first kappa shape index (κ1) is 21.1. The van der Waals surface area contributed by atoms with Gasteiger partial charge in [0.25, 0.3) is 15.9 Å². The summed E-state index contributed by atoms with van der Waals surface area (Å²) in [6.45, 7) is 2.02. The summed E-state index contributed by atoms with van der Waals surface area (Å²) in [5.74, 6) is -0.843. The van der Waals surface area contributed by atoms with E-state index in [1.165, 1.54) is 4.90 Å². The van der Waals surface area contributed by atoms with Crippen molar-refractivity contribution < 1.29 is 17.6 Å². The van der Waals surface area contributed by atoms with Crippen LogP contribution in [0, 0.1) is 5.82 Å². The summed E-state index contributed by atoms with van der Waals surface area (Å²) in [6.07, 6.45) is 1.71. The van der Waals surface area contributed by atoms with E-state index in [1.54, 1.807) is 13.0 Å². The molecule has 0 unspecified atom stereocenters. The monoisotopic (exact) mass is 433 g/mol. The van der Waals surface area contributed by atoms with Gasteiger partial charge in [0.15, 0.2) is 5.17 Å². The molecule has 9 heteroatoms. The van der Waals surface area contributed by atoms with E-state index in [0.717, 1.165) is 47.3 Å². The molecule has 0 radical (unpaired) electrons. The second-order valence-corrected chi connectivity index (χ2v) is 9.06. The first-order valence-electron chi connectivity index (χ1n) is 8.80. The molecule has 1 saturated heterocycles. The Bertz CT molecular complexity index is 1080. The van der Waals surface area contributed by atoms with Crippen molar-refractivity contribution in [1.82, 2.24) is 4.90 Å². The van der Waals surface area contributed by atoms with Crippen molar-refractivity contribution in [2.75, 3.05) is 25.5 Å². The molecule has 3 rings (SSSR count). The van der Waals surface area contributed by atoms with E-state index in [2.05, 4.69) is 4.40 Å². The van der Waals surface area contributed by atoms with Crippen LogP contribution in [0.5, 0.6) is 0 Å². The van der Waals surface area contributed by atoms with Crippen LogP contribution in [-0.2, 0) is 14.8 Å². The normalized spacial score (nSPS) is 17.4. The lowest BCUT2D eigenvalue weighted by Crippen LogP contribution is -2.29. The molecule has 0 N–H and O–H groups in total. The molecule has 6 nitrogen and oxygen atoms in total. The number of rotatable bonds is 5. The van der Waals surface area contributed by atoms with E-state index < -0.39 is 15.8 Å². The third-order valence-electron chi connectivity index (χ3n) is 4.22. The lowest BCUT2D eigenvalue weighted by molar-refractivity contribution is -0.122. The number of benzene rings is 2. The maximum Gasteiger partial charge on any atom is 0.284 e. The Kier molecular flexibility index (Phi) is 6.09. The van der Waals surface area contributed by atoms with Gasteiger partial charge in [-0.25, -0.2) is 4.39 Å². The molecule has 0 bridgehead atoms. The molecule has 1 heterocycles. The predicted molar refractivity (Wildman–Crippen MR) is 115 cm³/mol. The van der Waals surface area contributed by atoms with Crippen molar-refractivity contribution in [2.24, 2.45) is 4.40 Å². The van der Waals surface area contributed by atoms with Gasteiger partial charge in [0.2, 0.25) is 0 Å². The van der Waals surface area contributed by atoms with Crippen LogP contribution in [0.1, 0.15) is 12.5 Å². The minimum absolute atomic E-state index is 0.0815. The minimum Gasteiger partial charge on any atom is -0.378 e. The van der Waals surface area contributed by atoms with Gasteiger partial charge in [-0.05, 0) is 66.7 Å². The van der Waals surface area contributed by atoms with Crippen molar-refractivity contribution in [3.63, 3.8) is 0 Å². The minimum atomic E-state index is -4.06. The molecule has 0 saturated carbocycles. The fourth-order valence-electron chi connectivity index (χ4n) is 2.64. The van der Waals surface area contributed by atoms with Gasteiger partial charge in [-0.3, -0.25) is 9.69 Å². The fraction of sp³-hybridized carbons (Fsp3) is 0.200. The van der Waals surface area contributed by atoms with Crippen LogP contribution in [0.3, 0.4) is 0 Å². The Balaban J connectivity index is 1.92. The van der Waals surface area contributed by atoms with Crippen LogP contribution in [0.15, 0.2) is 62.7 Å². The van der Waals surface area contributed by atoms with E-state index in [9.17, 15) is 17.6 Å². The Morgan fingerprint density at radius 1 is 1.10 bits per heavy atom. The number of halogens is 1. The molecular formula is C20H20FN3O3S2. The highest BCUT2D eigenvalue weighted by Crippen LogP contribution is 2.33. The van der Waals surface area contributed by atoms with E-state index in [-0.39, 0.29) is 22.5 Å². The molecule has 0 aliphatic carbocycles. The van der Waals surface area contributed by atoms with Gasteiger partial charge < -0.3 is 4.90 Å². The first-order valence-corrected chi connectivity index (χ1v) is 11.1. The van der Waals surface area contributed by atoms with Crippen LogP contribution in [0.2, 0.25) is 0 Å². The molecule has 1 aliphatic rings. The van der Waals surface area contributed by atoms with E-state index in [4.69, 9.17) is 0 Å². The Morgan fingerprint density at radius 2 is 1.72 bits per heavy atom. The van der Waals surface area contributed by atoms with Crippen molar-refractivity contribution in [3.05, 3.63) is 64.8 Å². The Morgan fingerprint density at radius 3 is 2.28 bits per heavy atom. The van der Waals surface area contributed by atoms with Gasteiger partial charge >= 0.3 is 0 Å². The zero-order valence-corrected chi connectivity index (χ0v) is 17.8. The zero-order chi connectivity index (χ0) is 21.2. The van der Waals surface area contributed by atoms with Crippen LogP contribution in [0.25, 0.3) is 6.08 Å². The largest absolute Gasteiger partial charge is 0.378 e. The van der Waals surface area contributed by atoms with Gasteiger partial charge in [0.05, 0.1) is 9.80 Å². The Labute approximate surface area is 173 Å². The SMILES string of the molecule is CCN1C(=O)/C(=C/c2ccc(N(C)C)cc2)SC1=NS(=O)(=O)c1ccc(F)cc1. The van der Waals surface area contributed by atoms with Gasteiger partial charge in [0.1, 0.15) is 5.82 Å². The standard InChI is InChI=1S/C20H20FN3O3S2/c1-4-24-19(25)18(13-14-5-9-16(10-6-14)23(2)3)28-20(24)22-29(26,27)17-11-7-15(21)8-12-17/h5-13H,4H2,1-3H3/b18-13-,22-20?. The summed E-state index contributed by atoms with van der Waals surface area (Å²) in [5.41, 5.74) is 1.85. The average molecular weight is 434 g/mol. The summed E-state index contributed by atoms with van der Waals surface area (Å²) in [6, 6.07) is 12.0. The lowest BCUT2D eigenvalue weighted by Gasteiger charge is -2.12. The first-order chi connectivity index (χ1) is 13.7. The number of nitrogens with zero attached hydrogens (tertiary/aromatic N) is 3. The lowest BCUT2D eigenvalue weighted by atomic mass is 10.2. The van der Waals surface area contributed by atoms with Crippen molar-refractivity contribution >= 4 is 44.6 Å². The molecule has 0 spiro atoms. The number of sulfonamides is 1. The molecule has 152 valence electrons. The van der Waals surface area contributed by atoms with Crippen molar-refractivity contribution in [3.8, 4) is 0 Å². The van der Waals surface area contributed by atoms with E-state index >= 15 is 0 Å². The zero-order valence-electron chi connectivity index (χ0n) is 16.2. The van der Waals surface area contributed by atoms with E-state index in [0.29, 0.717) is 4.91 Å². The number of hydrogen-bond acceptors (Lipinski definition) is 5. The van der Waals surface area contributed by atoms with Gasteiger partial charge in [-0.1, -0.05) is 12.1 Å². The number of hydrogen-bond donors (Lipinski definition) is 0. The highest BCUT2D eigenvalue weighted by Gasteiger charge is 2.34. The fourth-order valence-corrected chi connectivity index (χ4v) is 4.88. The maximum absolute atomic E-state index is 13.1. The number of amidine groups is 1. The third-order valence-corrected chi connectivity index (χ3v) is 6.62. The molecule has 0 aromatic heterocycles. The summed E-state index contributed by atoms with van der Waals surface area (Å²) < 4.78 is 42.0. The summed E-state index contributed by atoms with van der Waals surface area (Å²) in [5, 5.41) is 0.0815. The molecule has 2 aromatic rings. The number of amides is 1. The molecule has 29 heavy (non-hydrogen) atoms. The molecule has 1 fully saturated rings. The summed E-state index contributed by atoms with van der Waals surface area (Å²) in [4.78, 5) is 16.2. The van der Waals surface area contributed by atoms with Gasteiger partial charge in [-0.15, -0.1) is 4.40 Å². The third kappa shape index (κ3) is 4.68. The smallest absolute Gasteiger partial charge is 0.284 e. The molecule has 1 amide bonds. The molecule has 2 aromatic carbocycles.